The molecule has 0 aliphatic heterocycles. The van der Waals surface area contributed by atoms with Gasteiger partial charge in [-0.05, 0) is 37.5 Å². The molecule has 0 aliphatic carbocycles. The Balaban J connectivity index is 4.35. The SMILES string of the molecule is CCCCCCCCCCC(CCCCCCCC)CSOSCC(CCCCCCCC)CCCCCCCCCC. The van der Waals surface area contributed by atoms with Crippen LogP contribution in [0.1, 0.15) is 233 Å². The molecule has 0 aromatic rings. The predicted octanol–water partition coefficient (Wildman–Crippen LogP) is 16.1. The normalized spacial score (nSPS) is 13.1. The van der Waals surface area contributed by atoms with Crippen LogP contribution < -0.4 is 0 Å². The summed E-state index contributed by atoms with van der Waals surface area (Å²) in [5, 5.41) is 0. The molecule has 0 radical (unpaired) electrons. The van der Waals surface area contributed by atoms with Crippen LogP contribution in [-0.4, -0.2) is 11.5 Å². The van der Waals surface area contributed by atoms with Crippen LogP contribution in [0.3, 0.4) is 0 Å². The van der Waals surface area contributed by atoms with E-state index in [4.69, 9.17) is 3.63 Å². The topological polar surface area (TPSA) is 9.23 Å². The zero-order valence-electron chi connectivity index (χ0n) is 30.4. The molecule has 0 N–H and O–H groups in total. The maximum atomic E-state index is 6.21. The van der Waals surface area contributed by atoms with E-state index in [9.17, 15) is 0 Å². The first-order valence-electron chi connectivity index (χ1n) is 20.2. The van der Waals surface area contributed by atoms with Crippen LogP contribution in [0, 0.1) is 11.8 Å². The third-order valence-corrected chi connectivity index (χ3v) is 11.6. The summed E-state index contributed by atoms with van der Waals surface area (Å²) in [4.78, 5) is 0. The smallest absolute Gasteiger partial charge is 0.0238 e. The highest BCUT2D eigenvalue weighted by atomic mass is 32.2. The van der Waals surface area contributed by atoms with E-state index in [-0.39, 0.29) is 0 Å². The number of rotatable bonds is 38. The first kappa shape index (κ1) is 43.7. The molecule has 0 bridgehead atoms. The van der Waals surface area contributed by atoms with Gasteiger partial charge in [-0.1, -0.05) is 207 Å². The Kier molecular flexibility index (Phi) is 39.4. The largest absolute Gasteiger partial charge is 0.247 e. The maximum absolute atomic E-state index is 6.21. The molecule has 1 nitrogen and oxygen atoms in total. The second-order valence-electron chi connectivity index (χ2n) is 14.0. The fraction of sp³-hybridized carbons (Fsp3) is 1.00. The van der Waals surface area contributed by atoms with Crippen LogP contribution in [0.25, 0.3) is 0 Å². The molecule has 0 aromatic heterocycles. The van der Waals surface area contributed by atoms with Gasteiger partial charge in [-0.2, -0.15) is 0 Å². The fourth-order valence-electron chi connectivity index (χ4n) is 6.46. The molecule has 260 valence electrons. The molecule has 2 atom stereocenters. The average molecular weight is 643 g/mol. The molecule has 0 spiro atoms. The summed E-state index contributed by atoms with van der Waals surface area (Å²) in [6, 6.07) is 0. The molecule has 43 heavy (non-hydrogen) atoms. The Morgan fingerprint density at radius 3 is 0.744 bits per heavy atom. The van der Waals surface area contributed by atoms with Crippen molar-refractivity contribution < 1.29 is 3.63 Å². The van der Waals surface area contributed by atoms with E-state index in [1.807, 2.05) is 0 Å². The lowest BCUT2D eigenvalue weighted by Crippen LogP contribution is -2.06. The van der Waals surface area contributed by atoms with Crippen molar-refractivity contribution in [3.8, 4) is 0 Å². The molecule has 2 unspecified atom stereocenters. The molecular weight excluding hydrogens is 561 g/mol. The van der Waals surface area contributed by atoms with Gasteiger partial charge in [-0.3, -0.25) is 0 Å². The Hall–Kier alpha value is 0.660. The second-order valence-corrected chi connectivity index (χ2v) is 15.7. The molecule has 0 saturated heterocycles. The lowest BCUT2D eigenvalue weighted by molar-refractivity contribution is 0.431. The van der Waals surface area contributed by atoms with Crippen molar-refractivity contribution in [3.63, 3.8) is 0 Å². The van der Waals surface area contributed by atoms with Crippen molar-refractivity contribution in [2.45, 2.75) is 233 Å². The van der Waals surface area contributed by atoms with E-state index in [0.29, 0.717) is 0 Å². The maximum Gasteiger partial charge on any atom is 0.0238 e. The Morgan fingerprint density at radius 1 is 0.302 bits per heavy atom. The average Bonchev–Trinajstić information content (AvgIpc) is 3.02. The number of unbranched alkanes of at least 4 members (excludes halogenated alkanes) is 24. The van der Waals surface area contributed by atoms with Gasteiger partial charge in [0.1, 0.15) is 0 Å². The van der Waals surface area contributed by atoms with Crippen LogP contribution in [0.5, 0.6) is 0 Å². The third kappa shape index (κ3) is 35.4. The van der Waals surface area contributed by atoms with E-state index < -0.39 is 0 Å². The molecule has 0 aliphatic rings. The summed E-state index contributed by atoms with van der Waals surface area (Å²) >= 11 is 3.59. The summed E-state index contributed by atoms with van der Waals surface area (Å²) in [5.41, 5.74) is 0. The second kappa shape index (κ2) is 38.8. The van der Waals surface area contributed by atoms with Crippen molar-refractivity contribution >= 4 is 24.1 Å². The van der Waals surface area contributed by atoms with Crippen LogP contribution in [0.4, 0.5) is 0 Å². The first-order chi connectivity index (χ1) is 21.3. The molecule has 3 heteroatoms. The minimum atomic E-state index is 0.855. The van der Waals surface area contributed by atoms with E-state index in [1.54, 1.807) is 24.1 Å². The zero-order chi connectivity index (χ0) is 31.3. The van der Waals surface area contributed by atoms with Gasteiger partial charge in [-0.25, -0.2) is 3.63 Å². The highest BCUT2D eigenvalue weighted by Gasteiger charge is 2.13. The first-order valence-corrected chi connectivity index (χ1v) is 22.0. The highest BCUT2D eigenvalue weighted by Crippen LogP contribution is 2.29. The molecular formula is C40H82OS2. The van der Waals surface area contributed by atoms with Crippen LogP contribution in [0.15, 0.2) is 0 Å². The van der Waals surface area contributed by atoms with Gasteiger partial charge in [0, 0.05) is 35.6 Å². The summed E-state index contributed by atoms with van der Waals surface area (Å²) in [6.07, 6.45) is 45.6. The Bertz CT molecular complexity index is 443. The summed E-state index contributed by atoms with van der Waals surface area (Å²) in [6.45, 7) is 9.28. The number of hydrogen-bond donors (Lipinski definition) is 0. The van der Waals surface area contributed by atoms with Gasteiger partial charge < -0.3 is 0 Å². The highest BCUT2D eigenvalue weighted by molar-refractivity contribution is 8.07. The van der Waals surface area contributed by atoms with Crippen molar-refractivity contribution in [3.05, 3.63) is 0 Å². The zero-order valence-corrected chi connectivity index (χ0v) is 32.1. The van der Waals surface area contributed by atoms with E-state index in [0.717, 1.165) is 11.8 Å². The third-order valence-electron chi connectivity index (χ3n) is 9.57. The summed E-state index contributed by atoms with van der Waals surface area (Å²) in [5.74, 6) is 4.12. The van der Waals surface area contributed by atoms with Gasteiger partial charge >= 0.3 is 0 Å². The van der Waals surface area contributed by atoms with Gasteiger partial charge in [0.2, 0.25) is 0 Å². The van der Waals surface area contributed by atoms with Gasteiger partial charge in [-0.15, -0.1) is 0 Å². The van der Waals surface area contributed by atoms with Crippen LogP contribution in [-0.2, 0) is 3.63 Å². The lowest BCUT2D eigenvalue weighted by Gasteiger charge is -2.18. The molecule has 0 amide bonds. The minimum absolute atomic E-state index is 0.855. The van der Waals surface area contributed by atoms with Gasteiger partial charge in [0.25, 0.3) is 0 Å². The fourth-order valence-corrected chi connectivity index (χ4v) is 8.23. The minimum Gasteiger partial charge on any atom is -0.247 e. The summed E-state index contributed by atoms with van der Waals surface area (Å²) < 4.78 is 6.21. The van der Waals surface area contributed by atoms with E-state index in [1.165, 1.54) is 217 Å². The van der Waals surface area contributed by atoms with Crippen molar-refractivity contribution in [1.29, 1.82) is 0 Å². The van der Waals surface area contributed by atoms with Crippen LogP contribution in [0.2, 0.25) is 0 Å². The predicted molar refractivity (Wildman–Crippen MR) is 203 cm³/mol. The Labute approximate surface area is 283 Å². The van der Waals surface area contributed by atoms with Crippen molar-refractivity contribution in [2.24, 2.45) is 11.8 Å². The number of hydrogen-bond acceptors (Lipinski definition) is 3. The molecule has 0 fully saturated rings. The monoisotopic (exact) mass is 643 g/mol. The lowest BCUT2D eigenvalue weighted by atomic mass is 9.95. The summed E-state index contributed by atoms with van der Waals surface area (Å²) in [7, 11) is 0. The Morgan fingerprint density at radius 2 is 0.512 bits per heavy atom. The van der Waals surface area contributed by atoms with Crippen molar-refractivity contribution in [1.82, 2.24) is 0 Å². The standard InChI is InChI=1S/C40H82OS2/c1-5-9-13-17-21-23-27-31-35-39(33-29-25-19-15-11-7-3)37-42-41-43-38-40(34-30-26-20-16-12-8-4)36-32-28-24-22-18-14-10-6-2/h39-40H,5-38H2,1-4H3. The van der Waals surface area contributed by atoms with Gasteiger partial charge in [0.15, 0.2) is 0 Å². The molecule has 0 aromatic carbocycles. The van der Waals surface area contributed by atoms with E-state index in [2.05, 4.69) is 27.7 Å². The van der Waals surface area contributed by atoms with Gasteiger partial charge in [0.05, 0.1) is 0 Å². The molecule has 0 heterocycles. The molecule has 0 saturated carbocycles. The molecule has 0 rings (SSSR count). The quantitative estimate of drug-likeness (QED) is 0.0490. The van der Waals surface area contributed by atoms with Crippen molar-refractivity contribution in [2.75, 3.05) is 11.5 Å². The van der Waals surface area contributed by atoms with Crippen LogP contribution >= 0.6 is 24.1 Å². The van der Waals surface area contributed by atoms with E-state index >= 15 is 0 Å².